The van der Waals surface area contributed by atoms with Crippen molar-refractivity contribution in [3.63, 3.8) is 0 Å². The SMILES string of the molecule is c1ccc(-c2nc(-n3c4ccccc4c4ccc5c6ccc7c(c6n(-c6ccccc6)c5c43)Oc3ccccc3O7)nc3ccccc23)cc1. The smallest absolute Gasteiger partial charge is 0.235 e. The van der Waals surface area contributed by atoms with E-state index in [4.69, 9.17) is 19.4 Å². The molecular formula is C44H26N4O2. The van der Waals surface area contributed by atoms with Gasteiger partial charge in [-0.25, -0.2) is 9.97 Å². The van der Waals surface area contributed by atoms with Gasteiger partial charge >= 0.3 is 0 Å². The van der Waals surface area contributed by atoms with Gasteiger partial charge in [-0.2, -0.15) is 0 Å². The summed E-state index contributed by atoms with van der Waals surface area (Å²) in [5.41, 5.74) is 7.86. The van der Waals surface area contributed by atoms with Gasteiger partial charge in [0.1, 0.15) is 5.52 Å². The minimum absolute atomic E-state index is 0.613. The number of para-hydroxylation sites is 5. The van der Waals surface area contributed by atoms with Gasteiger partial charge in [0, 0.05) is 38.2 Å². The predicted molar refractivity (Wildman–Crippen MR) is 200 cm³/mol. The molecule has 1 aliphatic rings. The summed E-state index contributed by atoms with van der Waals surface area (Å²) in [6.45, 7) is 0. The van der Waals surface area contributed by atoms with Crippen LogP contribution in [-0.2, 0) is 0 Å². The van der Waals surface area contributed by atoms with E-state index in [0.29, 0.717) is 28.9 Å². The lowest BCUT2D eigenvalue weighted by Crippen LogP contribution is -2.05. The lowest BCUT2D eigenvalue weighted by molar-refractivity contribution is 0.362. The molecule has 11 rings (SSSR count). The third-order valence-corrected chi connectivity index (χ3v) is 9.78. The van der Waals surface area contributed by atoms with Gasteiger partial charge < -0.3 is 14.0 Å². The molecule has 3 aromatic heterocycles. The molecule has 0 fully saturated rings. The Kier molecular flexibility index (Phi) is 5.57. The number of fused-ring (bicyclic) bond motifs is 11. The highest BCUT2D eigenvalue weighted by Gasteiger charge is 2.28. The van der Waals surface area contributed by atoms with Crippen molar-refractivity contribution >= 4 is 54.5 Å². The van der Waals surface area contributed by atoms with Crippen molar-refractivity contribution < 1.29 is 9.47 Å². The first-order chi connectivity index (χ1) is 24.8. The van der Waals surface area contributed by atoms with Gasteiger partial charge in [-0.1, -0.05) is 109 Å². The minimum Gasteiger partial charge on any atom is -0.449 e. The molecule has 7 aromatic carbocycles. The van der Waals surface area contributed by atoms with Crippen LogP contribution in [0.3, 0.4) is 0 Å². The van der Waals surface area contributed by atoms with Crippen molar-refractivity contribution in [2.45, 2.75) is 0 Å². The Morgan fingerprint density at radius 2 is 1.00 bits per heavy atom. The Labute approximate surface area is 286 Å². The predicted octanol–water partition coefficient (Wildman–Crippen LogP) is 11.4. The summed E-state index contributed by atoms with van der Waals surface area (Å²) in [5.74, 6) is 3.37. The zero-order valence-electron chi connectivity index (χ0n) is 26.6. The second kappa shape index (κ2) is 10.3. The van der Waals surface area contributed by atoms with Crippen LogP contribution in [0.1, 0.15) is 0 Å². The minimum atomic E-state index is 0.613. The molecule has 6 heteroatoms. The number of hydrogen-bond acceptors (Lipinski definition) is 4. The highest BCUT2D eigenvalue weighted by atomic mass is 16.6. The molecule has 0 bridgehead atoms. The Morgan fingerprint density at radius 1 is 0.400 bits per heavy atom. The Hall–Kier alpha value is -6.92. The summed E-state index contributed by atoms with van der Waals surface area (Å²) < 4.78 is 17.7. The third-order valence-electron chi connectivity index (χ3n) is 9.78. The molecule has 0 atom stereocenters. The average Bonchev–Trinajstić information content (AvgIpc) is 3.71. The topological polar surface area (TPSA) is 54.1 Å². The molecule has 0 N–H and O–H groups in total. The van der Waals surface area contributed by atoms with E-state index in [0.717, 1.165) is 71.5 Å². The second-order valence-corrected chi connectivity index (χ2v) is 12.6. The molecule has 234 valence electrons. The molecule has 10 aromatic rings. The van der Waals surface area contributed by atoms with Gasteiger partial charge in [-0.05, 0) is 48.5 Å². The van der Waals surface area contributed by atoms with E-state index in [1.165, 1.54) is 0 Å². The number of nitrogens with zero attached hydrogens (tertiary/aromatic N) is 4. The van der Waals surface area contributed by atoms with Crippen molar-refractivity contribution in [3.8, 4) is 45.9 Å². The first kappa shape index (κ1) is 27.1. The van der Waals surface area contributed by atoms with Crippen LogP contribution >= 0.6 is 0 Å². The van der Waals surface area contributed by atoms with E-state index in [1.54, 1.807) is 0 Å². The van der Waals surface area contributed by atoms with E-state index < -0.39 is 0 Å². The van der Waals surface area contributed by atoms with Crippen LogP contribution < -0.4 is 9.47 Å². The van der Waals surface area contributed by atoms with Gasteiger partial charge in [0.05, 0.1) is 27.8 Å². The zero-order chi connectivity index (χ0) is 32.8. The number of benzene rings is 7. The van der Waals surface area contributed by atoms with E-state index in [1.807, 2.05) is 54.6 Å². The summed E-state index contributed by atoms with van der Waals surface area (Å²) in [7, 11) is 0. The van der Waals surface area contributed by atoms with Crippen LogP contribution in [0.2, 0.25) is 0 Å². The van der Waals surface area contributed by atoms with Crippen LogP contribution in [0.5, 0.6) is 23.0 Å². The van der Waals surface area contributed by atoms with Gasteiger partial charge in [0.15, 0.2) is 23.0 Å². The Bertz CT molecular complexity index is 2980. The largest absolute Gasteiger partial charge is 0.449 e. The third kappa shape index (κ3) is 3.78. The van der Waals surface area contributed by atoms with E-state index in [2.05, 4.69) is 112 Å². The highest BCUT2D eigenvalue weighted by Crippen LogP contribution is 2.52. The summed E-state index contributed by atoms with van der Waals surface area (Å²) in [5, 5.41) is 5.41. The van der Waals surface area contributed by atoms with Crippen LogP contribution in [0.4, 0.5) is 0 Å². The van der Waals surface area contributed by atoms with Crippen molar-refractivity contribution in [1.29, 1.82) is 0 Å². The molecule has 50 heavy (non-hydrogen) atoms. The van der Waals surface area contributed by atoms with Crippen LogP contribution in [0.25, 0.3) is 77.4 Å². The molecular weight excluding hydrogens is 617 g/mol. The van der Waals surface area contributed by atoms with Crippen molar-refractivity contribution in [2.75, 3.05) is 0 Å². The Balaban J connectivity index is 1.33. The maximum atomic E-state index is 6.70. The summed E-state index contributed by atoms with van der Waals surface area (Å²) >= 11 is 0. The fourth-order valence-electron chi connectivity index (χ4n) is 7.64. The number of ether oxygens (including phenoxy) is 2. The summed E-state index contributed by atoms with van der Waals surface area (Å²) in [6, 6.07) is 54.0. The fourth-order valence-corrected chi connectivity index (χ4v) is 7.64. The van der Waals surface area contributed by atoms with Gasteiger partial charge in [0.2, 0.25) is 5.95 Å². The van der Waals surface area contributed by atoms with Gasteiger partial charge in [-0.15, -0.1) is 0 Å². The molecule has 0 saturated carbocycles. The van der Waals surface area contributed by atoms with Gasteiger partial charge in [0.25, 0.3) is 0 Å². The van der Waals surface area contributed by atoms with Crippen LogP contribution in [0.15, 0.2) is 158 Å². The first-order valence-corrected chi connectivity index (χ1v) is 16.7. The monoisotopic (exact) mass is 642 g/mol. The second-order valence-electron chi connectivity index (χ2n) is 12.6. The number of aromatic nitrogens is 4. The van der Waals surface area contributed by atoms with E-state index in [-0.39, 0.29) is 0 Å². The zero-order valence-corrected chi connectivity index (χ0v) is 26.6. The van der Waals surface area contributed by atoms with Crippen molar-refractivity contribution in [2.24, 2.45) is 0 Å². The molecule has 6 nitrogen and oxygen atoms in total. The van der Waals surface area contributed by atoms with E-state index >= 15 is 0 Å². The average molecular weight is 643 g/mol. The van der Waals surface area contributed by atoms with Gasteiger partial charge in [-0.3, -0.25) is 4.57 Å². The van der Waals surface area contributed by atoms with Crippen molar-refractivity contribution in [1.82, 2.24) is 19.1 Å². The summed E-state index contributed by atoms with van der Waals surface area (Å²) in [4.78, 5) is 10.6. The van der Waals surface area contributed by atoms with Crippen molar-refractivity contribution in [3.05, 3.63) is 158 Å². The number of hydrogen-bond donors (Lipinski definition) is 0. The van der Waals surface area contributed by atoms with E-state index in [9.17, 15) is 0 Å². The molecule has 0 unspecified atom stereocenters. The molecule has 0 spiro atoms. The normalized spacial score (nSPS) is 12.3. The molecule has 0 amide bonds. The quantitative estimate of drug-likeness (QED) is 0.192. The standard InChI is InChI=1S/C44H26N4O2/c1-3-13-27(14-4-1)39-33-18-7-9-19-34(33)45-44(46-39)48-35-20-10-8-17-29(35)30-23-24-31-32-25-26-38-43(50-37-22-12-11-21-36(37)49-38)42(32)47(40(31)41(30)48)28-15-5-2-6-16-28/h1-26H. The lowest BCUT2D eigenvalue weighted by Gasteiger charge is -2.22. The fraction of sp³-hybridized carbons (Fsp3) is 0. The Morgan fingerprint density at radius 3 is 1.82 bits per heavy atom. The molecule has 4 heterocycles. The maximum absolute atomic E-state index is 6.70. The lowest BCUT2D eigenvalue weighted by atomic mass is 10.1. The number of rotatable bonds is 3. The van der Waals surface area contributed by atoms with Crippen LogP contribution in [-0.4, -0.2) is 19.1 Å². The van der Waals surface area contributed by atoms with Crippen LogP contribution in [0, 0.1) is 0 Å². The molecule has 0 aliphatic carbocycles. The maximum Gasteiger partial charge on any atom is 0.235 e. The highest BCUT2D eigenvalue weighted by molar-refractivity contribution is 6.24. The molecule has 1 aliphatic heterocycles. The molecule has 0 saturated heterocycles. The summed E-state index contributed by atoms with van der Waals surface area (Å²) in [6.07, 6.45) is 0. The molecule has 0 radical (unpaired) electrons. The first-order valence-electron chi connectivity index (χ1n) is 16.7.